The van der Waals surface area contributed by atoms with Gasteiger partial charge >= 0.3 is 0 Å². The summed E-state index contributed by atoms with van der Waals surface area (Å²) in [6.07, 6.45) is 4.30. The molecule has 2 heteroatoms. The molecular weight excluding hydrogens is 150 g/mol. The fourth-order valence-corrected chi connectivity index (χ4v) is 1.70. The Kier molecular flexibility index (Phi) is 4.62. The van der Waals surface area contributed by atoms with Crippen LogP contribution in [0.15, 0.2) is 0 Å². The lowest BCUT2D eigenvalue weighted by Gasteiger charge is -2.20. The molecule has 0 aromatic heterocycles. The minimum Gasteiger partial charge on any atom is -0.377 e. The summed E-state index contributed by atoms with van der Waals surface area (Å²) in [7, 11) is 0. The lowest BCUT2D eigenvalue weighted by Crippen LogP contribution is -2.30. The minimum atomic E-state index is 0.419. The summed E-state index contributed by atoms with van der Waals surface area (Å²) in [5.74, 6) is 0. The van der Waals surface area contributed by atoms with Gasteiger partial charge in [0.15, 0.2) is 0 Å². The molecule has 1 fully saturated rings. The van der Waals surface area contributed by atoms with Gasteiger partial charge in [-0.3, -0.25) is 0 Å². The van der Waals surface area contributed by atoms with Crippen molar-refractivity contribution in [1.82, 2.24) is 4.90 Å². The first-order chi connectivity index (χ1) is 5.83. The molecule has 0 aromatic rings. The SMILES string of the molecule is CCCOC(C)CN1CCCC1. The maximum absolute atomic E-state index is 5.61. The molecule has 0 radical (unpaired) electrons. The summed E-state index contributed by atoms with van der Waals surface area (Å²) in [4.78, 5) is 2.50. The van der Waals surface area contributed by atoms with E-state index in [4.69, 9.17) is 4.74 Å². The Bertz CT molecular complexity index is 110. The van der Waals surface area contributed by atoms with Crippen LogP contribution in [-0.2, 0) is 4.74 Å². The molecule has 0 amide bonds. The van der Waals surface area contributed by atoms with E-state index in [9.17, 15) is 0 Å². The molecule has 1 aliphatic rings. The number of likely N-dealkylation sites (tertiary alicyclic amines) is 1. The first-order valence-corrected chi connectivity index (χ1v) is 5.17. The van der Waals surface area contributed by atoms with Crippen molar-refractivity contribution in [2.75, 3.05) is 26.2 Å². The van der Waals surface area contributed by atoms with E-state index in [2.05, 4.69) is 18.7 Å². The zero-order valence-corrected chi connectivity index (χ0v) is 8.38. The summed E-state index contributed by atoms with van der Waals surface area (Å²) in [5.41, 5.74) is 0. The van der Waals surface area contributed by atoms with Crippen molar-refractivity contribution in [2.45, 2.75) is 39.2 Å². The van der Waals surface area contributed by atoms with Crippen molar-refractivity contribution in [3.05, 3.63) is 0 Å². The van der Waals surface area contributed by atoms with Gasteiger partial charge in [0.1, 0.15) is 0 Å². The van der Waals surface area contributed by atoms with Gasteiger partial charge in [0.05, 0.1) is 6.10 Å². The Labute approximate surface area is 75.9 Å². The fourth-order valence-electron chi connectivity index (χ4n) is 1.70. The quantitative estimate of drug-likeness (QED) is 0.626. The zero-order valence-electron chi connectivity index (χ0n) is 8.38. The van der Waals surface area contributed by atoms with Crippen molar-refractivity contribution in [3.8, 4) is 0 Å². The van der Waals surface area contributed by atoms with Gasteiger partial charge in [-0.1, -0.05) is 6.92 Å². The second kappa shape index (κ2) is 5.55. The number of ether oxygens (including phenoxy) is 1. The molecule has 1 aliphatic heterocycles. The van der Waals surface area contributed by atoms with E-state index in [1.165, 1.54) is 25.9 Å². The van der Waals surface area contributed by atoms with Crippen molar-refractivity contribution in [2.24, 2.45) is 0 Å². The van der Waals surface area contributed by atoms with Crippen molar-refractivity contribution >= 4 is 0 Å². The van der Waals surface area contributed by atoms with Crippen LogP contribution >= 0.6 is 0 Å². The molecule has 0 aliphatic carbocycles. The van der Waals surface area contributed by atoms with E-state index in [1.54, 1.807) is 0 Å². The van der Waals surface area contributed by atoms with Crippen LogP contribution in [0.5, 0.6) is 0 Å². The lowest BCUT2D eigenvalue weighted by molar-refractivity contribution is 0.0434. The van der Waals surface area contributed by atoms with Gasteiger partial charge in [-0.2, -0.15) is 0 Å². The summed E-state index contributed by atoms with van der Waals surface area (Å²) >= 11 is 0. The smallest absolute Gasteiger partial charge is 0.0673 e. The van der Waals surface area contributed by atoms with Gasteiger partial charge in [-0.05, 0) is 39.3 Å². The van der Waals surface area contributed by atoms with Crippen molar-refractivity contribution < 1.29 is 4.74 Å². The van der Waals surface area contributed by atoms with Gasteiger partial charge < -0.3 is 9.64 Å². The summed E-state index contributed by atoms with van der Waals surface area (Å²) in [6, 6.07) is 0. The molecule has 72 valence electrons. The Morgan fingerprint density at radius 2 is 2.00 bits per heavy atom. The molecule has 0 bridgehead atoms. The predicted octanol–water partition coefficient (Wildman–Crippen LogP) is 1.90. The Morgan fingerprint density at radius 3 is 2.58 bits per heavy atom. The first-order valence-electron chi connectivity index (χ1n) is 5.17. The average molecular weight is 171 g/mol. The second-order valence-electron chi connectivity index (χ2n) is 3.69. The molecule has 0 saturated carbocycles. The number of hydrogen-bond donors (Lipinski definition) is 0. The predicted molar refractivity (Wildman–Crippen MR) is 51.4 cm³/mol. The van der Waals surface area contributed by atoms with Crippen LogP contribution in [0.1, 0.15) is 33.1 Å². The highest BCUT2D eigenvalue weighted by Gasteiger charge is 2.14. The van der Waals surface area contributed by atoms with Crippen LogP contribution in [0.3, 0.4) is 0 Å². The number of rotatable bonds is 5. The molecule has 0 spiro atoms. The van der Waals surface area contributed by atoms with Crippen LogP contribution in [0.25, 0.3) is 0 Å². The molecular formula is C10H21NO. The highest BCUT2D eigenvalue weighted by atomic mass is 16.5. The van der Waals surface area contributed by atoms with E-state index in [1.807, 2.05) is 0 Å². The first kappa shape index (κ1) is 10.0. The maximum atomic E-state index is 5.61. The average Bonchev–Trinajstić information content (AvgIpc) is 2.53. The van der Waals surface area contributed by atoms with E-state index in [-0.39, 0.29) is 0 Å². The summed E-state index contributed by atoms with van der Waals surface area (Å²) in [6.45, 7) is 8.92. The normalized spacial score (nSPS) is 21.5. The third-order valence-electron chi connectivity index (χ3n) is 2.32. The van der Waals surface area contributed by atoms with E-state index in [0.717, 1.165) is 19.6 Å². The second-order valence-corrected chi connectivity index (χ2v) is 3.69. The third kappa shape index (κ3) is 3.55. The zero-order chi connectivity index (χ0) is 8.81. The van der Waals surface area contributed by atoms with Crippen molar-refractivity contribution in [3.63, 3.8) is 0 Å². The van der Waals surface area contributed by atoms with Crippen LogP contribution in [0.4, 0.5) is 0 Å². The Balaban J connectivity index is 2.03. The van der Waals surface area contributed by atoms with E-state index in [0.29, 0.717) is 6.10 Å². The van der Waals surface area contributed by atoms with Crippen LogP contribution in [0, 0.1) is 0 Å². The summed E-state index contributed by atoms with van der Waals surface area (Å²) < 4.78 is 5.61. The number of nitrogens with zero attached hydrogens (tertiary/aromatic N) is 1. The standard InChI is InChI=1S/C10H21NO/c1-3-8-12-10(2)9-11-6-4-5-7-11/h10H,3-9H2,1-2H3. The number of hydrogen-bond acceptors (Lipinski definition) is 2. The highest BCUT2D eigenvalue weighted by molar-refractivity contribution is 4.68. The van der Waals surface area contributed by atoms with Crippen molar-refractivity contribution in [1.29, 1.82) is 0 Å². The van der Waals surface area contributed by atoms with Gasteiger partial charge in [0.2, 0.25) is 0 Å². The molecule has 1 rings (SSSR count). The largest absolute Gasteiger partial charge is 0.377 e. The minimum absolute atomic E-state index is 0.419. The third-order valence-corrected chi connectivity index (χ3v) is 2.32. The van der Waals surface area contributed by atoms with Gasteiger partial charge in [0, 0.05) is 13.2 Å². The van der Waals surface area contributed by atoms with Gasteiger partial charge in [0.25, 0.3) is 0 Å². The molecule has 1 unspecified atom stereocenters. The summed E-state index contributed by atoms with van der Waals surface area (Å²) in [5, 5.41) is 0. The Morgan fingerprint density at radius 1 is 1.33 bits per heavy atom. The molecule has 0 aromatic carbocycles. The monoisotopic (exact) mass is 171 g/mol. The maximum Gasteiger partial charge on any atom is 0.0673 e. The van der Waals surface area contributed by atoms with Gasteiger partial charge in [-0.15, -0.1) is 0 Å². The van der Waals surface area contributed by atoms with Crippen LogP contribution in [-0.4, -0.2) is 37.2 Å². The fraction of sp³-hybridized carbons (Fsp3) is 1.00. The molecule has 1 saturated heterocycles. The molecule has 12 heavy (non-hydrogen) atoms. The lowest BCUT2D eigenvalue weighted by atomic mass is 10.3. The molecule has 2 nitrogen and oxygen atoms in total. The van der Waals surface area contributed by atoms with E-state index < -0.39 is 0 Å². The van der Waals surface area contributed by atoms with E-state index >= 15 is 0 Å². The molecule has 1 heterocycles. The van der Waals surface area contributed by atoms with Crippen LogP contribution in [0.2, 0.25) is 0 Å². The highest BCUT2D eigenvalue weighted by Crippen LogP contribution is 2.08. The van der Waals surface area contributed by atoms with Crippen LogP contribution < -0.4 is 0 Å². The van der Waals surface area contributed by atoms with Gasteiger partial charge in [-0.25, -0.2) is 0 Å². The Hall–Kier alpha value is -0.0800. The molecule has 1 atom stereocenters. The molecule has 0 N–H and O–H groups in total. The topological polar surface area (TPSA) is 12.5 Å².